The van der Waals surface area contributed by atoms with Crippen LogP contribution >= 0.6 is 0 Å². The van der Waals surface area contributed by atoms with Gasteiger partial charge in [0.25, 0.3) is 0 Å². The molecule has 0 amide bonds. The maximum Gasteiger partial charge on any atom is 0.127 e. The number of aromatic nitrogens is 1. The third-order valence-electron chi connectivity index (χ3n) is 3.78. The fraction of sp³-hybridized carbons (Fsp3) is 0. The van der Waals surface area contributed by atoms with Crippen LogP contribution in [0, 0.1) is 0 Å². The van der Waals surface area contributed by atoms with Crippen molar-refractivity contribution < 1.29 is 4.74 Å². The molecule has 0 bridgehead atoms. The minimum absolute atomic E-state index is 0.820. The number of hydrogen-bond acceptors (Lipinski definition) is 2. The third-order valence-corrected chi connectivity index (χ3v) is 3.78. The fourth-order valence-corrected chi connectivity index (χ4v) is 2.66. The van der Waals surface area contributed by atoms with Gasteiger partial charge in [-0.15, -0.1) is 0 Å². The zero-order valence-corrected chi connectivity index (χ0v) is 12.5. The molecule has 0 N–H and O–H groups in total. The molecule has 4 rings (SSSR count). The van der Waals surface area contributed by atoms with Crippen LogP contribution in [0.25, 0.3) is 22.0 Å². The Morgan fingerprint density at radius 2 is 1.30 bits per heavy atom. The van der Waals surface area contributed by atoms with Gasteiger partial charge >= 0.3 is 0 Å². The van der Waals surface area contributed by atoms with Crippen LogP contribution in [-0.2, 0) is 0 Å². The van der Waals surface area contributed by atoms with Gasteiger partial charge in [-0.3, -0.25) is 4.98 Å². The van der Waals surface area contributed by atoms with E-state index in [1.807, 2.05) is 79.0 Å². The Hall–Kier alpha value is -3.13. The van der Waals surface area contributed by atoms with Gasteiger partial charge in [-0.2, -0.15) is 0 Å². The molecular formula is C21H15NO. The number of fused-ring (bicyclic) bond motifs is 1. The van der Waals surface area contributed by atoms with Crippen molar-refractivity contribution in [2.45, 2.75) is 0 Å². The van der Waals surface area contributed by atoms with Crippen molar-refractivity contribution in [3.63, 3.8) is 0 Å². The van der Waals surface area contributed by atoms with Crippen LogP contribution in [0.1, 0.15) is 0 Å². The minimum Gasteiger partial charge on any atom is -0.457 e. The Balaban J connectivity index is 1.68. The molecule has 1 heterocycles. The number of benzene rings is 3. The van der Waals surface area contributed by atoms with E-state index < -0.39 is 0 Å². The topological polar surface area (TPSA) is 22.1 Å². The highest BCUT2D eigenvalue weighted by atomic mass is 16.5. The van der Waals surface area contributed by atoms with Gasteiger partial charge in [-0.05, 0) is 47.9 Å². The molecule has 110 valence electrons. The smallest absolute Gasteiger partial charge is 0.127 e. The Labute approximate surface area is 135 Å². The second-order valence-corrected chi connectivity index (χ2v) is 5.32. The molecule has 0 spiro atoms. The van der Waals surface area contributed by atoms with Crippen molar-refractivity contribution in [1.82, 2.24) is 4.98 Å². The molecular weight excluding hydrogens is 282 g/mol. The van der Waals surface area contributed by atoms with Gasteiger partial charge in [0.15, 0.2) is 0 Å². The van der Waals surface area contributed by atoms with E-state index >= 15 is 0 Å². The van der Waals surface area contributed by atoms with Gasteiger partial charge < -0.3 is 4.74 Å². The highest BCUT2D eigenvalue weighted by molar-refractivity contribution is 5.94. The molecule has 0 saturated heterocycles. The lowest BCUT2D eigenvalue weighted by Gasteiger charge is -2.08. The largest absolute Gasteiger partial charge is 0.457 e. The number of ether oxygens (including phenoxy) is 1. The van der Waals surface area contributed by atoms with Crippen LogP contribution < -0.4 is 4.74 Å². The molecule has 1 aromatic heterocycles. The first-order chi connectivity index (χ1) is 11.4. The maximum absolute atomic E-state index is 5.84. The van der Waals surface area contributed by atoms with Crippen molar-refractivity contribution in [3.05, 3.63) is 91.1 Å². The summed E-state index contributed by atoms with van der Waals surface area (Å²) in [5.41, 5.74) is 2.08. The molecule has 23 heavy (non-hydrogen) atoms. The SMILES string of the molecule is c1ccc(Oc2ccc(-c3nccc4ccccc34)cc2)cc1. The average Bonchev–Trinajstić information content (AvgIpc) is 2.63. The van der Waals surface area contributed by atoms with Gasteiger partial charge in [-0.1, -0.05) is 42.5 Å². The summed E-state index contributed by atoms with van der Waals surface area (Å²) in [6, 6.07) is 28.2. The van der Waals surface area contributed by atoms with E-state index in [2.05, 4.69) is 17.1 Å². The van der Waals surface area contributed by atoms with Crippen LogP contribution in [0.3, 0.4) is 0 Å². The Morgan fingerprint density at radius 3 is 2.13 bits per heavy atom. The second-order valence-electron chi connectivity index (χ2n) is 5.32. The number of pyridine rings is 1. The fourth-order valence-electron chi connectivity index (χ4n) is 2.66. The lowest BCUT2D eigenvalue weighted by atomic mass is 10.0. The van der Waals surface area contributed by atoms with Crippen molar-refractivity contribution in [2.75, 3.05) is 0 Å². The molecule has 0 saturated carbocycles. The summed E-state index contributed by atoms with van der Waals surface area (Å²) in [5, 5.41) is 2.36. The monoisotopic (exact) mass is 297 g/mol. The van der Waals surface area contributed by atoms with Gasteiger partial charge in [0.2, 0.25) is 0 Å². The maximum atomic E-state index is 5.84. The summed E-state index contributed by atoms with van der Waals surface area (Å²) in [7, 11) is 0. The Morgan fingerprint density at radius 1 is 0.609 bits per heavy atom. The summed E-state index contributed by atoms with van der Waals surface area (Å²) in [6.07, 6.45) is 1.85. The Kier molecular flexibility index (Phi) is 3.49. The van der Waals surface area contributed by atoms with Gasteiger partial charge in [-0.25, -0.2) is 0 Å². The normalized spacial score (nSPS) is 10.6. The van der Waals surface area contributed by atoms with Gasteiger partial charge in [0.1, 0.15) is 11.5 Å². The molecule has 0 atom stereocenters. The predicted molar refractivity (Wildman–Crippen MR) is 93.7 cm³/mol. The standard InChI is InChI=1S/C21H15NO/c1-2-7-18(8-3-1)23-19-12-10-17(11-13-19)21-20-9-5-4-6-16(20)14-15-22-21/h1-15H. The summed E-state index contributed by atoms with van der Waals surface area (Å²) >= 11 is 0. The lowest BCUT2D eigenvalue weighted by molar-refractivity contribution is 0.483. The summed E-state index contributed by atoms with van der Waals surface area (Å²) in [5.74, 6) is 1.66. The molecule has 3 aromatic carbocycles. The molecule has 2 nitrogen and oxygen atoms in total. The summed E-state index contributed by atoms with van der Waals surface area (Å²) in [4.78, 5) is 4.55. The van der Waals surface area contributed by atoms with Crippen molar-refractivity contribution in [2.24, 2.45) is 0 Å². The van der Waals surface area contributed by atoms with E-state index in [4.69, 9.17) is 4.74 Å². The van der Waals surface area contributed by atoms with E-state index in [1.54, 1.807) is 0 Å². The summed E-state index contributed by atoms with van der Waals surface area (Å²) in [6.45, 7) is 0. The first kappa shape index (κ1) is 13.5. The predicted octanol–water partition coefficient (Wildman–Crippen LogP) is 5.69. The minimum atomic E-state index is 0.820. The quantitative estimate of drug-likeness (QED) is 0.484. The second kappa shape index (κ2) is 5.93. The van der Waals surface area contributed by atoms with E-state index in [9.17, 15) is 0 Å². The zero-order valence-electron chi connectivity index (χ0n) is 12.5. The average molecular weight is 297 g/mol. The number of rotatable bonds is 3. The molecule has 0 unspecified atom stereocenters. The third kappa shape index (κ3) is 2.79. The number of hydrogen-bond donors (Lipinski definition) is 0. The molecule has 0 aliphatic heterocycles. The van der Waals surface area contributed by atoms with Crippen molar-refractivity contribution >= 4 is 10.8 Å². The van der Waals surface area contributed by atoms with Crippen LogP contribution in [0.5, 0.6) is 11.5 Å². The summed E-state index contributed by atoms with van der Waals surface area (Å²) < 4.78 is 5.84. The number of nitrogens with zero attached hydrogens (tertiary/aromatic N) is 1. The van der Waals surface area contributed by atoms with Gasteiger partial charge in [0.05, 0.1) is 5.69 Å². The molecule has 2 heteroatoms. The van der Waals surface area contributed by atoms with E-state index in [-0.39, 0.29) is 0 Å². The van der Waals surface area contributed by atoms with Gasteiger partial charge in [0, 0.05) is 17.1 Å². The highest BCUT2D eigenvalue weighted by Gasteiger charge is 2.05. The molecule has 0 aliphatic rings. The number of para-hydroxylation sites is 1. The molecule has 0 fully saturated rings. The highest BCUT2D eigenvalue weighted by Crippen LogP contribution is 2.29. The van der Waals surface area contributed by atoms with Crippen molar-refractivity contribution in [1.29, 1.82) is 0 Å². The first-order valence-corrected chi connectivity index (χ1v) is 7.57. The Bertz CT molecular complexity index is 925. The van der Waals surface area contributed by atoms with Crippen LogP contribution in [0.2, 0.25) is 0 Å². The van der Waals surface area contributed by atoms with Crippen LogP contribution in [0.15, 0.2) is 91.1 Å². The van der Waals surface area contributed by atoms with Crippen LogP contribution in [-0.4, -0.2) is 4.98 Å². The molecule has 0 radical (unpaired) electrons. The van der Waals surface area contributed by atoms with Crippen LogP contribution in [0.4, 0.5) is 0 Å². The zero-order chi connectivity index (χ0) is 15.5. The molecule has 4 aromatic rings. The van der Waals surface area contributed by atoms with E-state index in [1.165, 1.54) is 5.39 Å². The van der Waals surface area contributed by atoms with Crippen molar-refractivity contribution in [3.8, 4) is 22.8 Å². The first-order valence-electron chi connectivity index (χ1n) is 7.57. The van der Waals surface area contributed by atoms with E-state index in [0.717, 1.165) is 28.1 Å². The van der Waals surface area contributed by atoms with E-state index in [0.29, 0.717) is 0 Å². The lowest BCUT2D eigenvalue weighted by Crippen LogP contribution is -1.87. The molecule has 0 aliphatic carbocycles.